The van der Waals surface area contributed by atoms with E-state index in [9.17, 15) is 23.5 Å². The maximum absolute atomic E-state index is 15.6. The molecule has 0 radical (unpaired) electrons. The number of nitrogens with zero attached hydrogens (tertiary/aromatic N) is 5. The molecule has 7 rings (SSSR count). The summed E-state index contributed by atoms with van der Waals surface area (Å²) in [6.45, 7) is 0.478. The third-order valence-corrected chi connectivity index (χ3v) is 8.25. The van der Waals surface area contributed by atoms with Crippen molar-refractivity contribution in [1.82, 2.24) is 24.1 Å². The molecule has 0 spiro atoms. The van der Waals surface area contributed by atoms with Gasteiger partial charge >= 0.3 is 5.97 Å². The van der Waals surface area contributed by atoms with Gasteiger partial charge in [0.15, 0.2) is 0 Å². The number of aromatic nitrogens is 5. The summed E-state index contributed by atoms with van der Waals surface area (Å²) < 4.78 is 57.3. The Morgan fingerprint density at radius 2 is 1.89 bits per heavy atom. The number of carbonyl (C=O) groups is 1. The minimum absolute atomic E-state index is 0.0468. The normalized spacial score (nSPS) is 14.6. The van der Waals surface area contributed by atoms with Gasteiger partial charge in [-0.2, -0.15) is 5.10 Å². The van der Waals surface area contributed by atoms with Gasteiger partial charge in [0, 0.05) is 29.2 Å². The highest BCUT2D eigenvalue weighted by atomic mass is 19.3. The summed E-state index contributed by atoms with van der Waals surface area (Å²) in [6, 6.07) is 19.4. The molecule has 1 fully saturated rings. The lowest BCUT2D eigenvalue weighted by molar-refractivity contribution is -0.0618. The van der Waals surface area contributed by atoms with E-state index >= 15 is 4.39 Å². The number of carboxylic acids is 1. The SMILES string of the molecule is O=C(O)c1ccc2c(=O)n(Cc3ccc(-c4cccc(OCc5ccc6cnn(CC(F)F)c6c5)n4)cc3F)n(CC3CCO3)c2c1. The third kappa shape index (κ3) is 6.09. The summed E-state index contributed by atoms with van der Waals surface area (Å²) in [5.41, 5.74) is 2.68. The van der Waals surface area contributed by atoms with Gasteiger partial charge in [-0.15, -0.1) is 0 Å². The summed E-state index contributed by atoms with van der Waals surface area (Å²) in [6.07, 6.45) is -0.321. The summed E-state index contributed by atoms with van der Waals surface area (Å²) in [5, 5.41) is 14.6. The Kier molecular flexibility index (Phi) is 7.98. The second-order valence-electron chi connectivity index (χ2n) is 11.3. The molecule has 4 heterocycles. The topological polar surface area (TPSA) is 113 Å². The Morgan fingerprint density at radius 1 is 1.04 bits per heavy atom. The molecule has 0 amide bonds. The standard InChI is InChI=1S/C34H28F3N5O5/c35-27-13-21(28-2-1-3-32(39-28)47-19-20-4-5-23-15-38-40(18-31(36)37)29(23)12-20)6-7-24(27)16-42-33(43)26-9-8-22(34(44)45)14-30(26)41(42)17-25-10-11-46-25/h1-9,12-15,25,31H,10-11,16-19H2,(H,44,45). The van der Waals surface area contributed by atoms with E-state index in [0.29, 0.717) is 46.7 Å². The highest BCUT2D eigenvalue weighted by Crippen LogP contribution is 2.25. The van der Waals surface area contributed by atoms with E-state index in [1.807, 2.05) is 6.07 Å². The van der Waals surface area contributed by atoms with E-state index in [1.165, 1.54) is 39.8 Å². The van der Waals surface area contributed by atoms with Gasteiger partial charge in [-0.25, -0.2) is 27.6 Å². The number of rotatable bonds is 11. The summed E-state index contributed by atoms with van der Waals surface area (Å²) in [4.78, 5) is 29.5. The van der Waals surface area contributed by atoms with E-state index in [4.69, 9.17) is 9.47 Å². The Balaban J connectivity index is 1.11. The van der Waals surface area contributed by atoms with E-state index in [-0.39, 0.29) is 35.9 Å². The number of alkyl halides is 2. The molecule has 0 saturated carbocycles. The molecule has 1 N–H and O–H groups in total. The molecular weight excluding hydrogens is 615 g/mol. The Morgan fingerprint density at radius 3 is 2.64 bits per heavy atom. The molecule has 0 aliphatic carbocycles. The van der Waals surface area contributed by atoms with Gasteiger partial charge in [-0.1, -0.05) is 30.3 Å². The largest absolute Gasteiger partial charge is 0.478 e. The molecule has 0 bridgehead atoms. The maximum atomic E-state index is 15.6. The molecule has 1 saturated heterocycles. The predicted octanol–water partition coefficient (Wildman–Crippen LogP) is 5.73. The molecule has 13 heteroatoms. The third-order valence-electron chi connectivity index (χ3n) is 8.25. The second kappa shape index (κ2) is 12.4. The number of aromatic carboxylic acids is 1. The molecule has 3 aromatic carbocycles. The van der Waals surface area contributed by atoms with Crippen LogP contribution in [0.4, 0.5) is 13.2 Å². The Bertz CT molecular complexity index is 2190. The molecule has 1 atom stereocenters. The molecule has 10 nitrogen and oxygen atoms in total. The van der Waals surface area contributed by atoms with Gasteiger partial charge < -0.3 is 14.6 Å². The number of carboxylic acid groups (broad SMARTS) is 1. The number of pyridine rings is 1. The van der Waals surface area contributed by atoms with E-state index in [2.05, 4.69) is 10.1 Å². The molecular formula is C34H28F3N5O5. The fraction of sp³-hybridized carbons (Fsp3) is 0.235. The van der Waals surface area contributed by atoms with Crippen LogP contribution in [0.25, 0.3) is 33.1 Å². The van der Waals surface area contributed by atoms with Crippen molar-refractivity contribution in [3.05, 3.63) is 112 Å². The van der Waals surface area contributed by atoms with Crippen molar-refractivity contribution in [2.24, 2.45) is 0 Å². The molecule has 240 valence electrons. The van der Waals surface area contributed by atoms with Gasteiger partial charge in [0.05, 0.1) is 53.1 Å². The van der Waals surface area contributed by atoms with Crippen LogP contribution in [-0.2, 0) is 31.0 Å². The number of halogens is 3. The lowest BCUT2D eigenvalue weighted by Crippen LogP contribution is -2.35. The zero-order valence-corrected chi connectivity index (χ0v) is 24.9. The number of fused-ring (bicyclic) bond motifs is 2. The summed E-state index contributed by atoms with van der Waals surface area (Å²) >= 11 is 0. The van der Waals surface area contributed by atoms with Gasteiger partial charge in [0.1, 0.15) is 19.0 Å². The maximum Gasteiger partial charge on any atom is 0.335 e. The molecule has 6 aromatic rings. The van der Waals surface area contributed by atoms with Crippen LogP contribution in [0, 0.1) is 5.82 Å². The highest BCUT2D eigenvalue weighted by Gasteiger charge is 2.24. The van der Waals surface area contributed by atoms with Crippen molar-refractivity contribution < 1.29 is 32.5 Å². The minimum atomic E-state index is -2.53. The molecule has 1 unspecified atom stereocenters. The Hall–Kier alpha value is -5.43. The van der Waals surface area contributed by atoms with Crippen molar-refractivity contribution in [3.8, 4) is 17.1 Å². The van der Waals surface area contributed by atoms with Crippen LogP contribution in [-0.4, -0.2) is 54.3 Å². The first-order chi connectivity index (χ1) is 22.7. The first kappa shape index (κ1) is 30.2. The van der Waals surface area contributed by atoms with E-state index < -0.39 is 24.8 Å². The fourth-order valence-corrected chi connectivity index (χ4v) is 5.70. The van der Waals surface area contributed by atoms with Crippen molar-refractivity contribution in [1.29, 1.82) is 0 Å². The van der Waals surface area contributed by atoms with E-state index in [1.54, 1.807) is 47.1 Å². The molecule has 47 heavy (non-hydrogen) atoms. The minimum Gasteiger partial charge on any atom is -0.478 e. The number of hydrogen-bond donors (Lipinski definition) is 1. The fourth-order valence-electron chi connectivity index (χ4n) is 5.70. The van der Waals surface area contributed by atoms with Gasteiger partial charge in [0.25, 0.3) is 12.0 Å². The smallest absolute Gasteiger partial charge is 0.335 e. The van der Waals surface area contributed by atoms with Crippen LogP contribution in [0.1, 0.15) is 27.9 Å². The zero-order valence-electron chi connectivity index (χ0n) is 24.9. The molecule has 1 aliphatic rings. The van der Waals surface area contributed by atoms with Crippen molar-refractivity contribution in [3.63, 3.8) is 0 Å². The number of hydrogen-bond acceptors (Lipinski definition) is 6. The van der Waals surface area contributed by atoms with Crippen LogP contribution in [0.15, 0.2) is 83.8 Å². The molecule has 3 aromatic heterocycles. The lowest BCUT2D eigenvalue weighted by Gasteiger charge is -2.28. The summed E-state index contributed by atoms with van der Waals surface area (Å²) in [7, 11) is 0. The Labute approximate surface area is 265 Å². The summed E-state index contributed by atoms with van der Waals surface area (Å²) in [5.74, 6) is -1.36. The van der Waals surface area contributed by atoms with Crippen LogP contribution in [0.5, 0.6) is 5.88 Å². The quantitative estimate of drug-likeness (QED) is 0.192. The lowest BCUT2D eigenvalue weighted by atomic mass is 10.1. The van der Waals surface area contributed by atoms with Crippen molar-refractivity contribution in [2.75, 3.05) is 6.61 Å². The molecule has 1 aliphatic heterocycles. The van der Waals surface area contributed by atoms with Crippen molar-refractivity contribution in [2.45, 2.75) is 45.2 Å². The van der Waals surface area contributed by atoms with Crippen molar-refractivity contribution >= 4 is 27.8 Å². The van der Waals surface area contributed by atoms with Crippen LogP contribution >= 0.6 is 0 Å². The van der Waals surface area contributed by atoms with Gasteiger partial charge in [-0.05, 0) is 48.4 Å². The average molecular weight is 644 g/mol. The van der Waals surface area contributed by atoms with E-state index in [0.717, 1.165) is 17.4 Å². The highest BCUT2D eigenvalue weighted by molar-refractivity contribution is 5.93. The average Bonchev–Trinajstić information content (AvgIpc) is 3.55. The number of ether oxygens (including phenoxy) is 2. The monoisotopic (exact) mass is 643 g/mol. The van der Waals surface area contributed by atoms with Crippen LogP contribution < -0.4 is 10.3 Å². The first-order valence-electron chi connectivity index (χ1n) is 14.9. The van der Waals surface area contributed by atoms with Gasteiger partial charge in [0.2, 0.25) is 5.88 Å². The van der Waals surface area contributed by atoms with Crippen LogP contribution in [0.3, 0.4) is 0 Å². The number of benzene rings is 3. The second-order valence-corrected chi connectivity index (χ2v) is 11.3. The first-order valence-corrected chi connectivity index (χ1v) is 14.9. The van der Waals surface area contributed by atoms with Gasteiger partial charge in [-0.3, -0.25) is 14.2 Å². The zero-order chi connectivity index (χ0) is 32.7. The predicted molar refractivity (Wildman–Crippen MR) is 166 cm³/mol. The van der Waals surface area contributed by atoms with Crippen LogP contribution in [0.2, 0.25) is 0 Å².